The Morgan fingerprint density at radius 2 is 1.02 bits per heavy atom. The smallest absolute Gasteiger partial charge is 0.146 e. The summed E-state index contributed by atoms with van der Waals surface area (Å²) in [7, 11) is 0. The lowest BCUT2D eigenvalue weighted by Crippen LogP contribution is -1.90. The molecule has 0 saturated carbocycles. The summed E-state index contributed by atoms with van der Waals surface area (Å²) >= 11 is 0. The van der Waals surface area contributed by atoms with Crippen LogP contribution in [0.1, 0.15) is 11.0 Å². The van der Waals surface area contributed by atoms with Crippen LogP contribution < -0.4 is 0 Å². The van der Waals surface area contributed by atoms with E-state index in [9.17, 15) is 0 Å². The lowest BCUT2D eigenvalue weighted by atomic mass is 9.86. The maximum absolute atomic E-state index is 9.12. The molecule has 7 aromatic carbocycles. The molecule has 0 atom stereocenters. The van der Waals surface area contributed by atoms with Crippen molar-refractivity contribution in [2.45, 2.75) is 0 Å². The SMILES string of the molecule is [2H]c1c([2H])c([2H])c2c(-c3ccc(-c4coc5c4ccc4oc6ccccc6c45)cc3)c3c([2H])c([2H])c([2H])c([2H])c3c(-c3ccccc3)c2c1[2H]. The number of rotatable bonds is 3. The van der Waals surface area contributed by atoms with E-state index in [1.54, 1.807) is 30.5 Å². The molecule has 0 fully saturated rings. The minimum Gasteiger partial charge on any atom is -0.463 e. The fourth-order valence-electron chi connectivity index (χ4n) is 6.15. The fraction of sp³-hybridized carbons (Fsp3) is 0. The first-order valence-electron chi connectivity index (χ1n) is 17.6. The molecule has 2 aromatic heterocycles. The Kier molecular flexibility index (Phi) is 3.54. The Morgan fingerprint density at radius 1 is 0.452 bits per heavy atom. The molecule has 0 bridgehead atoms. The van der Waals surface area contributed by atoms with Gasteiger partial charge in [-0.05, 0) is 67.6 Å². The van der Waals surface area contributed by atoms with Crippen molar-refractivity contribution in [3.63, 3.8) is 0 Å². The third-order valence-electron chi connectivity index (χ3n) is 8.00. The standard InChI is InChI=1S/C40H24O2/c1-2-10-26(11-3-1)37-28-12-4-6-14-30(28)38(31-15-7-5-13-29(31)37)27-20-18-25(19-21-27)34-24-41-40-32(34)22-23-36-39(40)33-16-8-9-17-35(33)42-36/h1-24H/i4D,5D,6D,7D,12D,13D,14D,15D. The Morgan fingerprint density at radius 3 is 1.69 bits per heavy atom. The molecule has 196 valence electrons. The third kappa shape index (κ3) is 3.33. The van der Waals surface area contributed by atoms with Crippen LogP contribution in [0.3, 0.4) is 0 Å². The van der Waals surface area contributed by atoms with Crippen LogP contribution in [-0.2, 0) is 0 Å². The van der Waals surface area contributed by atoms with Gasteiger partial charge in [0.05, 0.1) is 22.6 Å². The van der Waals surface area contributed by atoms with Crippen molar-refractivity contribution in [1.82, 2.24) is 0 Å². The van der Waals surface area contributed by atoms with E-state index in [0.29, 0.717) is 27.8 Å². The molecule has 42 heavy (non-hydrogen) atoms. The first kappa shape index (κ1) is 16.6. The zero-order valence-corrected chi connectivity index (χ0v) is 22.1. The Bertz CT molecular complexity index is 2810. The van der Waals surface area contributed by atoms with Gasteiger partial charge in [-0.1, -0.05) is 121 Å². The van der Waals surface area contributed by atoms with Gasteiger partial charge in [-0.15, -0.1) is 0 Å². The molecule has 0 aliphatic rings. The van der Waals surface area contributed by atoms with Gasteiger partial charge in [0, 0.05) is 16.3 Å². The van der Waals surface area contributed by atoms with Crippen molar-refractivity contribution in [1.29, 1.82) is 0 Å². The highest BCUT2D eigenvalue weighted by Crippen LogP contribution is 2.44. The number of hydrogen-bond acceptors (Lipinski definition) is 2. The van der Waals surface area contributed by atoms with Crippen molar-refractivity contribution >= 4 is 54.5 Å². The van der Waals surface area contributed by atoms with Gasteiger partial charge < -0.3 is 8.83 Å². The van der Waals surface area contributed by atoms with E-state index in [-0.39, 0.29) is 45.7 Å². The van der Waals surface area contributed by atoms with E-state index in [1.807, 2.05) is 66.7 Å². The first-order chi connectivity index (χ1) is 24.2. The molecule has 0 amide bonds. The predicted octanol–water partition coefficient (Wildman–Crippen LogP) is 11.6. The Labute approximate surface area is 253 Å². The van der Waals surface area contributed by atoms with Crippen molar-refractivity contribution < 1.29 is 19.8 Å². The second kappa shape index (κ2) is 8.95. The molecule has 9 rings (SSSR count). The molecule has 0 aliphatic carbocycles. The summed E-state index contributed by atoms with van der Waals surface area (Å²) in [5.74, 6) is 0. The summed E-state index contributed by atoms with van der Waals surface area (Å²) in [5.41, 5.74) is 5.62. The lowest BCUT2D eigenvalue weighted by Gasteiger charge is -2.17. The summed E-state index contributed by atoms with van der Waals surface area (Å²) < 4.78 is 83.0. The molecule has 0 radical (unpaired) electrons. The number of benzene rings is 7. The van der Waals surface area contributed by atoms with Crippen LogP contribution in [-0.4, -0.2) is 0 Å². The van der Waals surface area contributed by atoms with Crippen LogP contribution in [0, 0.1) is 0 Å². The molecule has 9 aromatic rings. The third-order valence-corrected chi connectivity index (χ3v) is 8.00. The van der Waals surface area contributed by atoms with Crippen molar-refractivity contribution in [2.24, 2.45) is 0 Å². The topological polar surface area (TPSA) is 26.3 Å². The van der Waals surface area contributed by atoms with E-state index in [2.05, 4.69) is 0 Å². The van der Waals surface area contributed by atoms with Crippen LogP contribution in [0.15, 0.2) is 154 Å². The predicted molar refractivity (Wildman–Crippen MR) is 175 cm³/mol. The van der Waals surface area contributed by atoms with Gasteiger partial charge in [0.1, 0.15) is 16.7 Å². The molecule has 0 aliphatic heterocycles. The summed E-state index contributed by atoms with van der Waals surface area (Å²) in [6.45, 7) is 0. The van der Waals surface area contributed by atoms with E-state index >= 15 is 0 Å². The van der Waals surface area contributed by atoms with Gasteiger partial charge >= 0.3 is 0 Å². The van der Waals surface area contributed by atoms with Crippen LogP contribution in [0.5, 0.6) is 0 Å². The summed E-state index contributed by atoms with van der Waals surface area (Å²) in [5, 5.41) is 3.48. The van der Waals surface area contributed by atoms with Gasteiger partial charge in [-0.25, -0.2) is 0 Å². The highest BCUT2D eigenvalue weighted by Gasteiger charge is 2.18. The zero-order chi connectivity index (χ0) is 34.6. The van der Waals surface area contributed by atoms with Crippen molar-refractivity contribution in [2.75, 3.05) is 0 Å². The van der Waals surface area contributed by atoms with Crippen LogP contribution in [0.25, 0.3) is 87.8 Å². The summed E-state index contributed by atoms with van der Waals surface area (Å²) in [4.78, 5) is 0. The fourth-order valence-corrected chi connectivity index (χ4v) is 6.15. The van der Waals surface area contributed by atoms with Crippen molar-refractivity contribution in [3.8, 4) is 33.4 Å². The van der Waals surface area contributed by atoms with E-state index in [1.165, 1.54) is 0 Å². The zero-order valence-electron chi connectivity index (χ0n) is 30.1. The second-order valence-corrected chi connectivity index (χ2v) is 10.3. The molecule has 2 heterocycles. The van der Waals surface area contributed by atoms with E-state index in [0.717, 1.165) is 38.5 Å². The maximum atomic E-state index is 9.12. The molecule has 0 unspecified atom stereocenters. The number of furan rings is 2. The number of fused-ring (bicyclic) bond motifs is 7. The molecule has 0 spiro atoms. The van der Waals surface area contributed by atoms with Crippen LogP contribution in [0.4, 0.5) is 0 Å². The van der Waals surface area contributed by atoms with E-state index in [4.69, 9.17) is 19.8 Å². The molecule has 2 nitrogen and oxygen atoms in total. The van der Waals surface area contributed by atoms with E-state index < -0.39 is 24.2 Å². The summed E-state index contributed by atoms with van der Waals surface area (Å²) in [6.07, 6.45) is 1.70. The highest BCUT2D eigenvalue weighted by atomic mass is 16.3. The van der Waals surface area contributed by atoms with Gasteiger partial charge in [0.25, 0.3) is 0 Å². The monoisotopic (exact) mass is 544 g/mol. The minimum atomic E-state index is -0.428. The van der Waals surface area contributed by atoms with Gasteiger partial charge in [0.2, 0.25) is 0 Å². The van der Waals surface area contributed by atoms with Crippen LogP contribution >= 0.6 is 0 Å². The van der Waals surface area contributed by atoms with Gasteiger partial charge in [0.15, 0.2) is 0 Å². The molecular weight excluding hydrogens is 512 g/mol. The largest absolute Gasteiger partial charge is 0.463 e. The second-order valence-electron chi connectivity index (χ2n) is 10.3. The van der Waals surface area contributed by atoms with Gasteiger partial charge in [-0.2, -0.15) is 0 Å². The highest BCUT2D eigenvalue weighted by molar-refractivity contribution is 6.22. The molecule has 2 heteroatoms. The molecule has 0 saturated heterocycles. The first-order valence-corrected chi connectivity index (χ1v) is 13.6. The maximum Gasteiger partial charge on any atom is 0.146 e. The minimum absolute atomic E-state index is 0.183. The average Bonchev–Trinajstić information content (AvgIpc) is 3.75. The summed E-state index contributed by atoms with van der Waals surface area (Å²) in [6, 6.07) is 25.2. The number of hydrogen-bond donors (Lipinski definition) is 0. The van der Waals surface area contributed by atoms with Crippen molar-refractivity contribution in [3.05, 3.63) is 146 Å². The van der Waals surface area contributed by atoms with Crippen LogP contribution in [0.2, 0.25) is 0 Å². The lowest BCUT2D eigenvalue weighted by molar-refractivity contribution is 0.619. The molecular formula is C40H24O2. The Hall–Kier alpha value is -5.60. The van der Waals surface area contributed by atoms with Gasteiger partial charge in [-0.3, -0.25) is 0 Å². The quantitative estimate of drug-likeness (QED) is 0.207. The Balaban J connectivity index is 1.35. The normalized spacial score (nSPS) is 14.5. The molecule has 0 N–H and O–H groups in total. The average molecular weight is 545 g/mol. The number of para-hydroxylation sites is 1.